The molecule has 1 fully saturated rings. The van der Waals surface area contributed by atoms with Gasteiger partial charge in [0.1, 0.15) is 36.3 Å². The third-order valence-corrected chi connectivity index (χ3v) is 12.2. The van der Waals surface area contributed by atoms with Crippen molar-refractivity contribution in [3.63, 3.8) is 0 Å². The highest BCUT2D eigenvalue weighted by atomic mass is 16.3. The second-order valence-corrected chi connectivity index (χ2v) is 20.8. The molecular formula is C50H92N10O11. The molecule has 0 aromatic rings. The Kier molecular flexibility index (Phi) is 31.3. The molecule has 1 rings (SSSR count). The van der Waals surface area contributed by atoms with Crippen LogP contribution in [0.1, 0.15) is 159 Å². The summed E-state index contributed by atoms with van der Waals surface area (Å²) in [6, 6.07) is -8.89. The maximum atomic E-state index is 14.2. The van der Waals surface area contributed by atoms with Crippen LogP contribution in [-0.2, 0) is 43.2 Å². The second-order valence-electron chi connectivity index (χ2n) is 20.8. The van der Waals surface area contributed by atoms with E-state index in [1.165, 1.54) is 0 Å². The molecule has 0 aliphatic carbocycles. The molecule has 0 unspecified atom stereocenters. The quantitative estimate of drug-likeness (QED) is 0.0586. The number of aliphatic hydroxyl groups excluding tert-OH is 2. The molecule has 0 bridgehead atoms. The van der Waals surface area contributed by atoms with E-state index in [4.69, 9.17) is 11.5 Å². The van der Waals surface area contributed by atoms with Crippen molar-refractivity contribution in [2.45, 2.75) is 207 Å². The van der Waals surface area contributed by atoms with Crippen molar-refractivity contribution >= 4 is 53.0 Å². The second kappa shape index (κ2) is 34.6. The highest BCUT2D eigenvalue weighted by Crippen LogP contribution is 2.20. The van der Waals surface area contributed by atoms with Gasteiger partial charge >= 0.3 is 0 Å². The molecule has 1 saturated heterocycles. The van der Waals surface area contributed by atoms with Gasteiger partial charge in [-0.2, -0.15) is 0 Å². The van der Waals surface area contributed by atoms with Gasteiger partial charge in [0, 0.05) is 18.9 Å². The minimum Gasteiger partial charge on any atom is -0.394 e. The van der Waals surface area contributed by atoms with E-state index in [9.17, 15) is 53.4 Å². The number of Topliss-reactive ketones (excluding diaryl/α,β-unsaturated/α-hetero) is 1. The Balaban J connectivity index is 3.74. The topological polar surface area (TPSA) is 342 Å². The normalized spacial score (nSPS) is 23.8. The molecule has 21 nitrogen and oxygen atoms in total. The third kappa shape index (κ3) is 26.0. The van der Waals surface area contributed by atoms with Crippen LogP contribution in [0.3, 0.4) is 0 Å². The van der Waals surface area contributed by atoms with Crippen molar-refractivity contribution in [1.29, 1.82) is 0 Å². The Labute approximate surface area is 422 Å². The molecule has 0 aromatic carbocycles. The van der Waals surface area contributed by atoms with Crippen LogP contribution in [0.15, 0.2) is 0 Å². The third-order valence-electron chi connectivity index (χ3n) is 12.2. The number of unbranched alkanes of at least 4 members (excludes halogenated alkanes) is 2. The van der Waals surface area contributed by atoms with Crippen LogP contribution in [0.4, 0.5) is 0 Å². The standard InChI is InChI=1S/C50H92N10O11/c1-10-14-35-46(67)60-40(25-32(8)9)45(66)53-22-19-38(58-50(71)41(28-61)54-43(64)27-34(62)16-13-11-12-15-29(2)3)49(70)57-37(18-21-52)48(69)59-39(24-31(6)7)42(63)26-33(23-30(4)5)44(65)55-36(17-20-51)47(68)56-35/h29-41,61-62H,10-28,51-52H2,1-9H3,(H,53,66)(H,54,64)(H,55,65)(H,56,68)(H,57,70)(H,58,71)(H,59,69)(H,60,67)/t33-,34-,35+,36+,37+,38+,39-,40+,41-/m1/s1. The lowest BCUT2D eigenvalue weighted by Crippen LogP contribution is -2.59. The largest absolute Gasteiger partial charge is 0.394 e. The fourth-order valence-corrected chi connectivity index (χ4v) is 8.37. The summed E-state index contributed by atoms with van der Waals surface area (Å²) in [5.74, 6) is -7.04. The van der Waals surface area contributed by atoms with E-state index in [1.807, 2.05) is 48.5 Å². The van der Waals surface area contributed by atoms with Gasteiger partial charge in [-0.15, -0.1) is 0 Å². The first-order valence-corrected chi connectivity index (χ1v) is 26.1. The van der Waals surface area contributed by atoms with E-state index >= 15 is 0 Å². The molecule has 0 spiro atoms. The van der Waals surface area contributed by atoms with Crippen LogP contribution in [-0.4, -0.2) is 138 Å². The molecule has 14 N–H and O–H groups in total. The van der Waals surface area contributed by atoms with E-state index < -0.39 is 114 Å². The molecule has 0 aromatic heterocycles. The summed E-state index contributed by atoms with van der Waals surface area (Å²) in [6.07, 6.45) is 3.21. The number of carbonyl (C=O) groups excluding carboxylic acids is 9. The zero-order chi connectivity index (χ0) is 53.8. The Morgan fingerprint density at radius 2 is 1.11 bits per heavy atom. The van der Waals surface area contributed by atoms with Gasteiger partial charge in [-0.25, -0.2) is 0 Å². The molecule has 71 heavy (non-hydrogen) atoms. The monoisotopic (exact) mass is 1010 g/mol. The molecule has 1 heterocycles. The summed E-state index contributed by atoms with van der Waals surface area (Å²) >= 11 is 0. The SMILES string of the molecule is CCC[C@@H]1NC(=O)[C@H](CCN)NC(=O)[C@H](CC(C)C)CC(=O)[C@@H](CC(C)C)NC(=O)[C@H](CCN)NC(=O)[C@@H](NC(=O)[C@@H](CO)NC(=O)C[C@H](O)CCCCCC(C)C)CCNC(=O)[C@H](CC(C)C)NC1=O. The van der Waals surface area contributed by atoms with Crippen LogP contribution in [0.5, 0.6) is 0 Å². The Bertz CT molecular complexity index is 1700. The van der Waals surface area contributed by atoms with Crippen molar-refractivity contribution in [3.05, 3.63) is 0 Å². The summed E-state index contributed by atoms with van der Waals surface area (Å²) in [5, 5.41) is 42.0. The summed E-state index contributed by atoms with van der Waals surface area (Å²) in [5.41, 5.74) is 11.8. The lowest BCUT2D eigenvalue weighted by atomic mass is 9.87. The van der Waals surface area contributed by atoms with Crippen LogP contribution in [0.25, 0.3) is 0 Å². The van der Waals surface area contributed by atoms with E-state index in [0.717, 1.165) is 19.3 Å². The highest BCUT2D eigenvalue weighted by molar-refractivity contribution is 5.98. The van der Waals surface area contributed by atoms with Crippen LogP contribution >= 0.6 is 0 Å². The number of hydrogen-bond donors (Lipinski definition) is 12. The van der Waals surface area contributed by atoms with Crippen molar-refractivity contribution in [2.24, 2.45) is 41.1 Å². The zero-order valence-electron chi connectivity index (χ0n) is 44.2. The van der Waals surface area contributed by atoms with E-state index in [2.05, 4.69) is 56.4 Å². The van der Waals surface area contributed by atoms with Crippen molar-refractivity contribution < 1.29 is 53.4 Å². The lowest BCUT2D eigenvalue weighted by Gasteiger charge is -2.28. The molecule has 0 saturated carbocycles. The lowest BCUT2D eigenvalue weighted by molar-refractivity contribution is -0.136. The first-order chi connectivity index (χ1) is 33.5. The van der Waals surface area contributed by atoms with Crippen molar-refractivity contribution in [2.75, 3.05) is 26.2 Å². The predicted molar refractivity (Wildman–Crippen MR) is 271 cm³/mol. The maximum Gasteiger partial charge on any atom is 0.245 e. The average molecular weight is 1010 g/mol. The van der Waals surface area contributed by atoms with Crippen LogP contribution in [0, 0.1) is 29.6 Å². The van der Waals surface area contributed by atoms with E-state index in [1.54, 1.807) is 0 Å². The van der Waals surface area contributed by atoms with E-state index in [0.29, 0.717) is 25.2 Å². The van der Waals surface area contributed by atoms with Gasteiger partial charge in [0.25, 0.3) is 0 Å². The van der Waals surface area contributed by atoms with E-state index in [-0.39, 0.29) is 95.2 Å². The van der Waals surface area contributed by atoms with Gasteiger partial charge in [-0.05, 0) is 88.1 Å². The molecule has 1 aliphatic heterocycles. The van der Waals surface area contributed by atoms with Gasteiger partial charge in [0.2, 0.25) is 47.3 Å². The van der Waals surface area contributed by atoms with Gasteiger partial charge in [-0.3, -0.25) is 43.2 Å². The number of aliphatic hydroxyl groups is 2. The molecule has 1 aliphatic rings. The number of nitrogens with two attached hydrogens (primary N) is 2. The molecule has 9 atom stereocenters. The Morgan fingerprint density at radius 3 is 1.63 bits per heavy atom. The number of amides is 8. The number of hydrogen-bond acceptors (Lipinski definition) is 13. The minimum atomic E-state index is -1.55. The molecular weight excluding hydrogens is 917 g/mol. The predicted octanol–water partition coefficient (Wildman–Crippen LogP) is 0.461. The smallest absolute Gasteiger partial charge is 0.245 e. The van der Waals surface area contributed by atoms with Crippen LogP contribution in [0.2, 0.25) is 0 Å². The molecule has 8 amide bonds. The van der Waals surface area contributed by atoms with Gasteiger partial charge < -0.3 is 64.2 Å². The summed E-state index contributed by atoms with van der Waals surface area (Å²) < 4.78 is 0. The maximum absolute atomic E-state index is 14.2. The van der Waals surface area contributed by atoms with Crippen LogP contribution < -0.4 is 54.0 Å². The highest BCUT2D eigenvalue weighted by Gasteiger charge is 2.36. The summed E-state index contributed by atoms with van der Waals surface area (Å²) in [6.45, 7) is 16.0. The van der Waals surface area contributed by atoms with Crippen molar-refractivity contribution in [1.82, 2.24) is 42.5 Å². The molecule has 21 heteroatoms. The number of carbonyl (C=O) groups is 9. The molecule has 0 radical (unpaired) electrons. The first kappa shape index (κ1) is 64.3. The minimum absolute atomic E-state index is 0.00346. The summed E-state index contributed by atoms with van der Waals surface area (Å²) in [4.78, 5) is 125. The Morgan fingerprint density at radius 1 is 0.620 bits per heavy atom. The van der Waals surface area contributed by atoms with Crippen molar-refractivity contribution in [3.8, 4) is 0 Å². The fourth-order valence-electron chi connectivity index (χ4n) is 8.37. The average Bonchev–Trinajstić information content (AvgIpc) is 3.27. The number of rotatable bonds is 24. The number of nitrogens with one attached hydrogen (secondary N) is 8. The zero-order valence-corrected chi connectivity index (χ0v) is 44.2. The van der Waals surface area contributed by atoms with Gasteiger partial charge in [-0.1, -0.05) is 94.4 Å². The first-order valence-electron chi connectivity index (χ1n) is 26.1. The van der Waals surface area contributed by atoms with Gasteiger partial charge in [0.05, 0.1) is 25.2 Å². The Hall–Kier alpha value is -4.73. The number of ketones is 1. The fraction of sp³-hybridized carbons (Fsp3) is 0.820. The summed E-state index contributed by atoms with van der Waals surface area (Å²) in [7, 11) is 0. The molecule has 408 valence electrons. The van der Waals surface area contributed by atoms with Gasteiger partial charge in [0.15, 0.2) is 5.78 Å².